The molecule has 3 heteroatoms. The minimum absolute atomic E-state index is 0.0997. The largest absolute Gasteiger partial charge is 0.383 e. The fourth-order valence-corrected chi connectivity index (χ4v) is 1.77. The SMILES string of the molecule is CC(C)(C)NCc1cnc(N)c2ccccc12. The van der Waals surface area contributed by atoms with Crippen molar-refractivity contribution in [1.29, 1.82) is 0 Å². The first-order chi connectivity index (χ1) is 7.97. The number of hydrogen-bond donors (Lipinski definition) is 2. The van der Waals surface area contributed by atoms with Crippen LogP contribution in [0.2, 0.25) is 0 Å². The van der Waals surface area contributed by atoms with Crippen LogP contribution in [0.5, 0.6) is 0 Å². The number of nitrogens with zero attached hydrogens (tertiary/aromatic N) is 1. The summed E-state index contributed by atoms with van der Waals surface area (Å²) >= 11 is 0. The van der Waals surface area contributed by atoms with Crippen molar-refractivity contribution < 1.29 is 0 Å². The van der Waals surface area contributed by atoms with E-state index in [1.165, 1.54) is 10.9 Å². The van der Waals surface area contributed by atoms with Gasteiger partial charge in [0.25, 0.3) is 0 Å². The van der Waals surface area contributed by atoms with Crippen molar-refractivity contribution in [2.24, 2.45) is 0 Å². The highest BCUT2D eigenvalue weighted by Crippen LogP contribution is 2.22. The Hall–Kier alpha value is -1.61. The average Bonchev–Trinajstić information content (AvgIpc) is 2.27. The third-order valence-corrected chi connectivity index (χ3v) is 2.72. The third-order valence-electron chi connectivity index (χ3n) is 2.72. The van der Waals surface area contributed by atoms with Crippen LogP contribution in [0.25, 0.3) is 10.8 Å². The Morgan fingerprint density at radius 1 is 1.18 bits per heavy atom. The first-order valence-corrected chi connectivity index (χ1v) is 5.84. The summed E-state index contributed by atoms with van der Waals surface area (Å²) in [4.78, 5) is 4.25. The maximum absolute atomic E-state index is 5.88. The van der Waals surface area contributed by atoms with Gasteiger partial charge in [-0.25, -0.2) is 4.98 Å². The lowest BCUT2D eigenvalue weighted by Gasteiger charge is -2.21. The van der Waals surface area contributed by atoms with Gasteiger partial charge in [0.15, 0.2) is 0 Å². The summed E-state index contributed by atoms with van der Waals surface area (Å²) in [5.74, 6) is 0.597. The summed E-state index contributed by atoms with van der Waals surface area (Å²) in [6.45, 7) is 7.26. The van der Waals surface area contributed by atoms with Gasteiger partial charge in [-0.3, -0.25) is 0 Å². The van der Waals surface area contributed by atoms with Crippen molar-refractivity contribution >= 4 is 16.6 Å². The monoisotopic (exact) mass is 229 g/mol. The summed E-state index contributed by atoms with van der Waals surface area (Å²) in [6, 6.07) is 8.12. The molecule has 0 fully saturated rings. The minimum atomic E-state index is 0.0997. The lowest BCUT2D eigenvalue weighted by molar-refractivity contribution is 0.425. The molecule has 1 aromatic carbocycles. The molecule has 0 aliphatic heterocycles. The molecule has 0 atom stereocenters. The highest BCUT2D eigenvalue weighted by Gasteiger charge is 2.10. The van der Waals surface area contributed by atoms with Gasteiger partial charge in [0.2, 0.25) is 0 Å². The number of aromatic nitrogens is 1. The van der Waals surface area contributed by atoms with Gasteiger partial charge in [-0.15, -0.1) is 0 Å². The topological polar surface area (TPSA) is 50.9 Å². The van der Waals surface area contributed by atoms with Crippen LogP contribution < -0.4 is 11.1 Å². The van der Waals surface area contributed by atoms with Crippen LogP contribution in [0.3, 0.4) is 0 Å². The van der Waals surface area contributed by atoms with Crippen molar-refractivity contribution in [3.63, 3.8) is 0 Å². The molecule has 0 radical (unpaired) electrons. The molecule has 2 aromatic rings. The van der Waals surface area contributed by atoms with E-state index in [1.807, 2.05) is 24.4 Å². The summed E-state index contributed by atoms with van der Waals surface area (Å²) in [5, 5.41) is 5.67. The molecule has 3 nitrogen and oxygen atoms in total. The standard InChI is InChI=1S/C14H19N3/c1-14(2,3)17-9-10-8-16-13(15)12-7-5-4-6-11(10)12/h4-8,17H,9H2,1-3H3,(H2,15,16). The van der Waals surface area contributed by atoms with Gasteiger partial charge in [-0.05, 0) is 31.7 Å². The molecule has 0 unspecified atom stereocenters. The number of rotatable bonds is 2. The van der Waals surface area contributed by atoms with Crippen LogP contribution >= 0.6 is 0 Å². The maximum atomic E-state index is 5.88. The van der Waals surface area contributed by atoms with E-state index in [-0.39, 0.29) is 5.54 Å². The minimum Gasteiger partial charge on any atom is -0.383 e. The van der Waals surface area contributed by atoms with Gasteiger partial charge in [0.1, 0.15) is 5.82 Å². The Labute approximate surface area is 102 Å². The van der Waals surface area contributed by atoms with E-state index in [1.54, 1.807) is 0 Å². The van der Waals surface area contributed by atoms with Crippen LogP contribution in [0, 0.1) is 0 Å². The molecule has 17 heavy (non-hydrogen) atoms. The van der Waals surface area contributed by atoms with E-state index in [4.69, 9.17) is 5.73 Å². The lowest BCUT2D eigenvalue weighted by atomic mass is 10.0. The number of nitrogen functional groups attached to an aromatic ring is 1. The normalized spacial score (nSPS) is 11.9. The molecule has 1 heterocycles. The number of nitrogens with one attached hydrogen (secondary N) is 1. The lowest BCUT2D eigenvalue weighted by Crippen LogP contribution is -2.35. The Balaban J connectivity index is 2.38. The van der Waals surface area contributed by atoms with Crippen molar-refractivity contribution in [2.75, 3.05) is 5.73 Å². The van der Waals surface area contributed by atoms with Gasteiger partial charge in [0, 0.05) is 23.7 Å². The smallest absolute Gasteiger partial charge is 0.131 e. The second-order valence-corrected chi connectivity index (χ2v) is 5.32. The highest BCUT2D eigenvalue weighted by atomic mass is 14.9. The average molecular weight is 229 g/mol. The summed E-state index contributed by atoms with van der Waals surface area (Å²) in [6.07, 6.45) is 1.86. The van der Waals surface area contributed by atoms with Gasteiger partial charge < -0.3 is 11.1 Å². The number of benzene rings is 1. The second kappa shape index (κ2) is 4.34. The zero-order chi connectivity index (χ0) is 12.5. The van der Waals surface area contributed by atoms with E-state index in [0.29, 0.717) is 5.82 Å². The van der Waals surface area contributed by atoms with Gasteiger partial charge in [0.05, 0.1) is 0 Å². The fourth-order valence-electron chi connectivity index (χ4n) is 1.77. The predicted molar refractivity (Wildman–Crippen MR) is 72.7 cm³/mol. The molecule has 0 aliphatic carbocycles. The summed E-state index contributed by atoms with van der Waals surface area (Å²) in [7, 11) is 0. The van der Waals surface area contributed by atoms with Crippen molar-refractivity contribution in [2.45, 2.75) is 32.9 Å². The Morgan fingerprint density at radius 2 is 1.82 bits per heavy atom. The molecule has 90 valence electrons. The molecule has 0 saturated heterocycles. The Bertz CT molecular complexity index is 526. The number of pyridine rings is 1. The van der Waals surface area contributed by atoms with E-state index in [0.717, 1.165) is 11.9 Å². The Kier molecular flexibility index (Phi) is 3.03. The number of hydrogen-bond acceptors (Lipinski definition) is 3. The number of nitrogens with two attached hydrogens (primary N) is 1. The summed E-state index contributed by atoms with van der Waals surface area (Å²) < 4.78 is 0. The van der Waals surface area contributed by atoms with Gasteiger partial charge in [-0.1, -0.05) is 24.3 Å². The Morgan fingerprint density at radius 3 is 2.47 bits per heavy atom. The zero-order valence-corrected chi connectivity index (χ0v) is 10.6. The second-order valence-electron chi connectivity index (χ2n) is 5.32. The van der Waals surface area contributed by atoms with Crippen LogP contribution in [-0.4, -0.2) is 10.5 Å². The van der Waals surface area contributed by atoms with Gasteiger partial charge in [-0.2, -0.15) is 0 Å². The molecule has 0 amide bonds. The number of anilines is 1. The fraction of sp³-hybridized carbons (Fsp3) is 0.357. The van der Waals surface area contributed by atoms with E-state index in [2.05, 4.69) is 37.1 Å². The van der Waals surface area contributed by atoms with Crippen molar-refractivity contribution in [3.05, 3.63) is 36.0 Å². The molecular weight excluding hydrogens is 210 g/mol. The molecular formula is C14H19N3. The number of fused-ring (bicyclic) bond motifs is 1. The first kappa shape index (κ1) is 11.9. The molecule has 2 rings (SSSR count). The molecule has 1 aromatic heterocycles. The molecule has 0 bridgehead atoms. The third kappa shape index (κ3) is 2.74. The molecule has 0 saturated carbocycles. The molecule has 0 spiro atoms. The quantitative estimate of drug-likeness (QED) is 0.832. The van der Waals surface area contributed by atoms with Crippen LogP contribution in [-0.2, 0) is 6.54 Å². The molecule has 3 N–H and O–H groups in total. The van der Waals surface area contributed by atoms with Crippen LogP contribution in [0.4, 0.5) is 5.82 Å². The summed E-state index contributed by atoms with van der Waals surface area (Å²) in [5.41, 5.74) is 7.16. The van der Waals surface area contributed by atoms with Crippen molar-refractivity contribution in [3.8, 4) is 0 Å². The maximum Gasteiger partial charge on any atom is 0.131 e. The zero-order valence-electron chi connectivity index (χ0n) is 10.6. The first-order valence-electron chi connectivity index (χ1n) is 5.84. The predicted octanol–water partition coefficient (Wildman–Crippen LogP) is 2.71. The van der Waals surface area contributed by atoms with Gasteiger partial charge >= 0.3 is 0 Å². The van der Waals surface area contributed by atoms with Crippen molar-refractivity contribution in [1.82, 2.24) is 10.3 Å². The van der Waals surface area contributed by atoms with E-state index >= 15 is 0 Å². The van der Waals surface area contributed by atoms with E-state index in [9.17, 15) is 0 Å². The van der Waals surface area contributed by atoms with Crippen LogP contribution in [0.1, 0.15) is 26.3 Å². The van der Waals surface area contributed by atoms with Crippen LogP contribution in [0.15, 0.2) is 30.5 Å². The molecule has 0 aliphatic rings. The van der Waals surface area contributed by atoms with E-state index < -0.39 is 0 Å². The highest BCUT2D eigenvalue weighted by molar-refractivity contribution is 5.93.